The SMILES string of the molecule is CCC(=O)C[C@H](CCCN=C(N)N)C(=O)N[C@H](CCCN=C(N)N)C(=O)C[C@H](CCCN=C(N)N)C(=O)N[C@H](CCCN=C(N)N)C(=O)C[C@H](CCCN=C(N)N)C(=O)N[C@H](CCCN=C(N)N)C(=O)C[C@H](CCCN=C(N)N)C(=O)N[C@H](CCCN=C(N)N)C(=O)C[C@H](CS)C(=O)N[C@H](CCCCN)C(N)=O. The first-order chi connectivity index (χ1) is 51.0. The van der Waals surface area contributed by atoms with Crippen molar-refractivity contribution in [3.63, 3.8) is 0 Å². The summed E-state index contributed by atoms with van der Waals surface area (Å²) in [4.78, 5) is 189. The van der Waals surface area contributed by atoms with Gasteiger partial charge in [0.25, 0.3) is 0 Å². The van der Waals surface area contributed by atoms with E-state index in [0.29, 0.717) is 25.8 Å². The number of ketones is 5. The molecule has 41 N–H and O–H groups in total. The second-order valence-corrected chi connectivity index (χ2v) is 26.4. The molecule has 43 heteroatoms. The van der Waals surface area contributed by atoms with Crippen LogP contribution in [0.3, 0.4) is 0 Å². The van der Waals surface area contributed by atoms with Crippen LogP contribution in [-0.4, -0.2) is 207 Å². The normalized spacial score (nSPS) is 13.6. The summed E-state index contributed by atoms with van der Waals surface area (Å²) in [5.41, 5.74) is 101. The lowest BCUT2D eigenvalue weighted by atomic mass is 9.88. The number of rotatable bonds is 63. The Bertz CT molecular complexity index is 3080. The van der Waals surface area contributed by atoms with Crippen molar-refractivity contribution in [1.29, 1.82) is 0 Å². The van der Waals surface area contributed by atoms with Crippen LogP contribution in [-0.2, 0) is 52.7 Å². The van der Waals surface area contributed by atoms with Gasteiger partial charge in [-0.05, 0) is 129 Å². The van der Waals surface area contributed by atoms with Crippen LogP contribution in [0, 0.1) is 29.6 Å². The lowest BCUT2D eigenvalue weighted by Crippen LogP contribution is -2.49. The lowest BCUT2D eigenvalue weighted by Gasteiger charge is -2.27. The van der Waals surface area contributed by atoms with E-state index in [1.807, 2.05) is 0 Å². The van der Waals surface area contributed by atoms with Crippen LogP contribution in [0.2, 0.25) is 0 Å². The smallest absolute Gasteiger partial charge is 0.239 e. The first kappa shape index (κ1) is 97.6. The van der Waals surface area contributed by atoms with Crippen LogP contribution in [0.25, 0.3) is 0 Å². The van der Waals surface area contributed by atoms with E-state index in [1.165, 1.54) is 0 Å². The predicted octanol–water partition coefficient (Wildman–Crippen LogP) is -7.33. The van der Waals surface area contributed by atoms with E-state index in [1.54, 1.807) is 6.92 Å². The molecule has 0 fully saturated rings. The molecule has 0 spiro atoms. The highest BCUT2D eigenvalue weighted by Gasteiger charge is 2.37. The summed E-state index contributed by atoms with van der Waals surface area (Å²) in [6.45, 7) is 2.15. The van der Waals surface area contributed by atoms with Gasteiger partial charge in [0.2, 0.25) is 35.4 Å². The number of primary amides is 1. The van der Waals surface area contributed by atoms with Gasteiger partial charge < -0.3 is 130 Å². The van der Waals surface area contributed by atoms with Crippen molar-refractivity contribution in [3.05, 3.63) is 0 Å². The van der Waals surface area contributed by atoms with Gasteiger partial charge >= 0.3 is 0 Å². The van der Waals surface area contributed by atoms with Crippen LogP contribution >= 0.6 is 12.6 Å². The average Bonchev–Trinajstić information content (AvgIpc) is 0.864. The molecular weight excluding hydrogens is 1420 g/mol. The number of amides is 6. The molecule has 0 aliphatic heterocycles. The van der Waals surface area contributed by atoms with Gasteiger partial charge in [-0.25, -0.2) is 0 Å². The summed E-state index contributed by atoms with van der Waals surface area (Å²) in [6, 6.07) is -6.44. The number of nitrogens with two attached hydrogens (primary N) is 18. The quantitative estimate of drug-likeness (QED) is 0.0116. The topological polar surface area (TPSA) is 815 Å². The van der Waals surface area contributed by atoms with Gasteiger partial charge in [-0.1, -0.05) is 6.92 Å². The molecule has 0 radical (unpaired) electrons. The summed E-state index contributed by atoms with van der Waals surface area (Å²) in [5, 5.41) is 13.8. The Hall–Kier alpha value is -10.4. The Kier molecular flexibility index (Phi) is 51.4. The van der Waals surface area contributed by atoms with Gasteiger partial charge in [0, 0.05) is 120 Å². The number of nitrogens with one attached hydrogen (secondary N) is 5. The third-order valence-electron chi connectivity index (χ3n) is 17.0. The van der Waals surface area contributed by atoms with Crippen molar-refractivity contribution in [2.45, 2.75) is 198 Å². The van der Waals surface area contributed by atoms with Crippen LogP contribution in [0.15, 0.2) is 39.9 Å². The van der Waals surface area contributed by atoms with E-state index >= 15 is 14.4 Å². The molecule has 0 bridgehead atoms. The molecule has 0 saturated carbocycles. The van der Waals surface area contributed by atoms with Crippen molar-refractivity contribution in [3.8, 4) is 0 Å². The molecule has 0 aliphatic rings. The summed E-state index contributed by atoms with van der Waals surface area (Å²) in [6.07, 6.45) is -0.170. The fourth-order valence-electron chi connectivity index (χ4n) is 11.2. The summed E-state index contributed by atoms with van der Waals surface area (Å²) in [7, 11) is 0. The summed E-state index contributed by atoms with van der Waals surface area (Å²) < 4.78 is 0. The van der Waals surface area contributed by atoms with Crippen molar-refractivity contribution in [2.75, 3.05) is 64.7 Å². The fourth-order valence-corrected chi connectivity index (χ4v) is 11.5. The third-order valence-corrected chi connectivity index (χ3v) is 17.4. The molecule has 6 amide bonds. The maximum atomic E-state index is 15.1. The second-order valence-electron chi connectivity index (χ2n) is 26.0. The molecule has 0 rings (SSSR count). The van der Waals surface area contributed by atoms with E-state index in [0.717, 1.165) is 0 Å². The molecular formula is C65H125N31O11S. The van der Waals surface area contributed by atoms with E-state index in [4.69, 9.17) is 103 Å². The first-order valence-electron chi connectivity index (χ1n) is 36.2. The number of unbranched alkanes of at least 4 members (excludes halogenated alkanes) is 1. The number of hydrogen-bond donors (Lipinski definition) is 24. The van der Waals surface area contributed by atoms with Crippen LogP contribution in [0.5, 0.6) is 0 Å². The van der Waals surface area contributed by atoms with Crippen molar-refractivity contribution in [1.82, 2.24) is 26.6 Å². The van der Waals surface area contributed by atoms with Crippen LogP contribution < -0.4 is 130 Å². The molecule has 0 heterocycles. The van der Waals surface area contributed by atoms with E-state index < -0.39 is 144 Å². The Morgan fingerprint density at radius 1 is 0.278 bits per heavy atom. The molecule has 0 unspecified atom stereocenters. The Labute approximate surface area is 636 Å². The maximum absolute atomic E-state index is 15.1. The average molecular weight is 1550 g/mol. The zero-order valence-electron chi connectivity index (χ0n) is 62.4. The van der Waals surface area contributed by atoms with E-state index in [2.05, 4.69) is 79.2 Å². The maximum Gasteiger partial charge on any atom is 0.239 e. The third kappa shape index (κ3) is 47.3. The molecule has 0 aromatic rings. The zero-order chi connectivity index (χ0) is 81.7. The van der Waals surface area contributed by atoms with Crippen LogP contribution in [0.4, 0.5) is 0 Å². The number of Topliss-reactive ketones (excluding diaryl/α,β-unsaturated/α-hetero) is 5. The number of carbonyl (C=O) groups excluding carboxylic acids is 11. The largest absolute Gasteiger partial charge is 0.370 e. The van der Waals surface area contributed by atoms with E-state index in [-0.39, 0.29) is 227 Å². The monoisotopic (exact) mass is 1550 g/mol. The molecule has 612 valence electrons. The number of hydrogen-bond acceptors (Lipinski definition) is 21. The van der Waals surface area contributed by atoms with Crippen molar-refractivity contribution < 1.29 is 52.7 Å². The minimum atomic E-state index is -1.41. The summed E-state index contributed by atoms with van der Waals surface area (Å²) >= 11 is 4.33. The predicted molar refractivity (Wildman–Crippen MR) is 421 cm³/mol. The second kappa shape index (κ2) is 56.9. The van der Waals surface area contributed by atoms with Gasteiger partial charge in [0.15, 0.2) is 70.8 Å². The molecule has 0 aromatic heterocycles. The zero-order valence-corrected chi connectivity index (χ0v) is 63.3. The highest BCUT2D eigenvalue weighted by atomic mass is 32.1. The number of thiol groups is 1. The Morgan fingerprint density at radius 3 is 0.694 bits per heavy atom. The lowest BCUT2D eigenvalue weighted by molar-refractivity contribution is -0.136. The highest BCUT2D eigenvalue weighted by Crippen LogP contribution is 2.24. The Morgan fingerprint density at radius 2 is 0.481 bits per heavy atom. The standard InChI is InChI=1S/C65H125N31O11S/c1-2-42(97)31-37(13-5-23-84-58(68)69)53(103)92-43(18-9-27-88-62(76)77)48(98)32-38(14-6-24-85-59(70)71)54(104)93-44(19-10-28-89-63(78)79)49(99)33-39(15-7-25-86-60(72)73)55(105)94-45(20-11-29-90-64(80)81)50(100)34-40(16-8-26-87-61(74)75)56(106)95-46(21-12-30-91-65(82)83)51(101)35-41(36-108)57(107)96-47(52(67)102)17-3-4-22-66/h37-41,43-47,108H,2-36,66H2,1H3,(H2,67,102)(H,92,103)(H,93,104)(H,94,105)(H,95,106)(H,96,107)(H4,68,69,84)(H4,70,71,85)(H4,72,73,86)(H4,74,75,87)(H4,76,77,88)(H4,78,79,89)(H4,80,81,90)(H4,82,83,91)/t37-,38-,39-,40-,41+,43+,44+,45+,46+,47+/m0/s1. The molecule has 0 aliphatic carbocycles. The summed E-state index contributed by atoms with van der Waals surface area (Å²) in [5.74, 6) is -15.2. The molecule has 10 atom stereocenters. The number of carbonyl (C=O) groups is 11. The van der Waals surface area contributed by atoms with Gasteiger partial charge in [-0.2, -0.15) is 12.6 Å². The highest BCUT2D eigenvalue weighted by molar-refractivity contribution is 7.80. The minimum absolute atomic E-state index is 0.000937. The molecule has 42 nitrogen and oxygen atoms in total. The van der Waals surface area contributed by atoms with Gasteiger partial charge in [-0.15, -0.1) is 0 Å². The molecule has 0 saturated heterocycles. The van der Waals surface area contributed by atoms with Crippen molar-refractivity contribution >= 4 is 125 Å². The molecule has 108 heavy (non-hydrogen) atoms. The number of guanidine groups is 8. The van der Waals surface area contributed by atoms with Gasteiger partial charge in [-0.3, -0.25) is 92.7 Å². The number of nitrogens with zero attached hydrogens (tertiary/aromatic N) is 8. The van der Waals surface area contributed by atoms with E-state index in [9.17, 15) is 38.4 Å². The van der Waals surface area contributed by atoms with Gasteiger partial charge in [0.1, 0.15) is 11.8 Å². The van der Waals surface area contributed by atoms with Crippen LogP contribution in [0.1, 0.15) is 167 Å². The minimum Gasteiger partial charge on any atom is -0.370 e. The van der Waals surface area contributed by atoms with Crippen molar-refractivity contribution in [2.24, 2.45) is 173 Å². The number of aliphatic imine (C=N–C) groups is 8. The first-order valence-corrected chi connectivity index (χ1v) is 36.9. The Balaban J connectivity index is 7.94. The van der Waals surface area contributed by atoms with Gasteiger partial charge in [0.05, 0.1) is 30.1 Å². The molecule has 0 aromatic carbocycles. The fraction of sp³-hybridized carbons (Fsp3) is 0.708.